The number of ether oxygens (including phenoxy) is 1. The molecule has 1 aromatic rings. The quantitative estimate of drug-likeness (QED) is 0.854. The number of rotatable bonds is 5. The molecule has 1 saturated carbocycles. The molecule has 1 heterocycles. The lowest BCUT2D eigenvalue weighted by molar-refractivity contribution is 0.00836. The van der Waals surface area contributed by atoms with Crippen molar-refractivity contribution in [3.8, 4) is 0 Å². The van der Waals surface area contributed by atoms with Crippen LogP contribution in [0.5, 0.6) is 0 Å². The summed E-state index contributed by atoms with van der Waals surface area (Å²) >= 11 is 0. The molecule has 0 radical (unpaired) electrons. The molecule has 1 N–H and O–H groups in total. The van der Waals surface area contributed by atoms with Crippen LogP contribution in [0.1, 0.15) is 49.2 Å². The fourth-order valence-electron chi connectivity index (χ4n) is 2.43. The largest absolute Gasteiger partial charge is 0.462 e. The lowest BCUT2D eigenvalue weighted by atomic mass is 9.98. The molecule has 1 fully saturated rings. The number of furan rings is 1. The highest BCUT2D eigenvalue weighted by atomic mass is 16.5. The van der Waals surface area contributed by atoms with Crippen LogP contribution >= 0.6 is 0 Å². The predicted molar refractivity (Wildman–Crippen MR) is 67.9 cm³/mol. The minimum Gasteiger partial charge on any atom is -0.462 e. The van der Waals surface area contributed by atoms with Gasteiger partial charge in [-0.3, -0.25) is 0 Å². The SMILES string of the molecule is CNCc1oc(COC2CCCCC2)cc1C. The summed E-state index contributed by atoms with van der Waals surface area (Å²) in [7, 11) is 1.93. The van der Waals surface area contributed by atoms with Gasteiger partial charge in [0.25, 0.3) is 0 Å². The van der Waals surface area contributed by atoms with E-state index in [1.165, 1.54) is 37.7 Å². The van der Waals surface area contributed by atoms with Crippen molar-refractivity contribution in [2.75, 3.05) is 7.05 Å². The molecule has 1 aliphatic carbocycles. The Morgan fingerprint density at radius 3 is 2.82 bits per heavy atom. The van der Waals surface area contributed by atoms with Crippen LogP contribution < -0.4 is 5.32 Å². The molecule has 0 saturated heterocycles. The van der Waals surface area contributed by atoms with E-state index >= 15 is 0 Å². The van der Waals surface area contributed by atoms with E-state index < -0.39 is 0 Å². The number of hydrogen-bond acceptors (Lipinski definition) is 3. The third kappa shape index (κ3) is 3.58. The van der Waals surface area contributed by atoms with Gasteiger partial charge < -0.3 is 14.5 Å². The minimum atomic E-state index is 0.446. The van der Waals surface area contributed by atoms with Gasteiger partial charge in [-0.15, -0.1) is 0 Å². The summed E-state index contributed by atoms with van der Waals surface area (Å²) < 4.78 is 11.7. The van der Waals surface area contributed by atoms with Crippen LogP contribution in [-0.2, 0) is 17.9 Å². The van der Waals surface area contributed by atoms with Gasteiger partial charge in [0.2, 0.25) is 0 Å². The molecule has 0 spiro atoms. The second-order valence-corrected chi connectivity index (χ2v) is 4.92. The van der Waals surface area contributed by atoms with E-state index in [-0.39, 0.29) is 0 Å². The smallest absolute Gasteiger partial charge is 0.130 e. The fraction of sp³-hybridized carbons (Fsp3) is 0.714. The summed E-state index contributed by atoms with van der Waals surface area (Å²) in [5, 5.41) is 3.11. The Kier molecular flexibility index (Phi) is 4.63. The molecule has 0 atom stereocenters. The first-order chi connectivity index (χ1) is 8.29. The first-order valence-corrected chi connectivity index (χ1v) is 6.64. The first kappa shape index (κ1) is 12.7. The average Bonchev–Trinajstić information content (AvgIpc) is 2.70. The van der Waals surface area contributed by atoms with Crippen LogP contribution in [0.2, 0.25) is 0 Å². The van der Waals surface area contributed by atoms with Crippen LogP contribution in [0.3, 0.4) is 0 Å². The Hall–Kier alpha value is -0.800. The monoisotopic (exact) mass is 237 g/mol. The van der Waals surface area contributed by atoms with Crippen molar-refractivity contribution in [2.45, 2.75) is 58.3 Å². The second-order valence-electron chi connectivity index (χ2n) is 4.92. The predicted octanol–water partition coefficient (Wildman–Crippen LogP) is 3.16. The van der Waals surface area contributed by atoms with Gasteiger partial charge in [0, 0.05) is 0 Å². The lowest BCUT2D eigenvalue weighted by Crippen LogP contribution is -2.16. The van der Waals surface area contributed by atoms with Crippen LogP contribution in [0, 0.1) is 6.92 Å². The van der Waals surface area contributed by atoms with Gasteiger partial charge in [-0.25, -0.2) is 0 Å². The van der Waals surface area contributed by atoms with Gasteiger partial charge in [-0.05, 0) is 38.4 Å². The Morgan fingerprint density at radius 2 is 2.12 bits per heavy atom. The van der Waals surface area contributed by atoms with Gasteiger partial charge in [-0.1, -0.05) is 19.3 Å². The van der Waals surface area contributed by atoms with Crippen molar-refractivity contribution in [3.63, 3.8) is 0 Å². The summed E-state index contributed by atoms with van der Waals surface area (Å²) in [4.78, 5) is 0. The van der Waals surface area contributed by atoms with Crippen LogP contribution in [0.15, 0.2) is 10.5 Å². The first-order valence-electron chi connectivity index (χ1n) is 6.64. The Morgan fingerprint density at radius 1 is 1.35 bits per heavy atom. The molecule has 0 aromatic carbocycles. The van der Waals surface area contributed by atoms with Crippen molar-refractivity contribution in [3.05, 3.63) is 23.2 Å². The molecule has 1 aromatic heterocycles. The van der Waals surface area contributed by atoms with Crippen molar-refractivity contribution >= 4 is 0 Å². The molecular formula is C14H23NO2. The van der Waals surface area contributed by atoms with Crippen molar-refractivity contribution in [1.82, 2.24) is 5.32 Å². The average molecular weight is 237 g/mol. The third-order valence-electron chi connectivity index (χ3n) is 3.42. The normalized spacial score (nSPS) is 17.5. The van der Waals surface area contributed by atoms with Gasteiger partial charge in [-0.2, -0.15) is 0 Å². The van der Waals surface area contributed by atoms with Crippen LogP contribution in [-0.4, -0.2) is 13.2 Å². The van der Waals surface area contributed by atoms with E-state index in [0.29, 0.717) is 12.7 Å². The van der Waals surface area contributed by atoms with E-state index in [0.717, 1.165) is 18.1 Å². The Balaban J connectivity index is 1.83. The standard InChI is InChI=1S/C14H23NO2/c1-11-8-13(17-14(11)9-15-2)10-16-12-6-4-3-5-7-12/h8,12,15H,3-7,9-10H2,1-2H3. The highest BCUT2D eigenvalue weighted by molar-refractivity contribution is 5.19. The zero-order valence-corrected chi connectivity index (χ0v) is 10.9. The van der Waals surface area contributed by atoms with Crippen molar-refractivity contribution in [2.24, 2.45) is 0 Å². The van der Waals surface area contributed by atoms with E-state index in [1.54, 1.807) is 0 Å². The van der Waals surface area contributed by atoms with Gasteiger partial charge in [0.15, 0.2) is 0 Å². The van der Waals surface area contributed by atoms with Crippen LogP contribution in [0.25, 0.3) is 0 Å². The van der Waals surface area contributed by atoms with E-state index in [2.05, 4.69) is 18.3 Å². The maximum Gasteiger partial charge on any atom is 0.130 e. The Labute approximate surface area is 104 Å². The third-order valence-corrected chi connectivity index (χ3v) is 3.42. The number of hydrogen-bond donors (Lipinski definition) is 1. The molecule has 2 rings (SSSR count). The summed E-state index contributed by atoms with van der Waals surface area (Å²) in [6, 6.07) is 2.09. The molecule has 3 heteroatoms. The molecule has 17 heavy (non-hydrogen) atoms. The molecule has 0 bridgehead atoms. The molecular weight excluding hydrogens is 214 g/mol. The summed E-state index contributed by atoms with van der Waals surface area (Å²) in [6.07, 6.45) is 6.86. The topological polar surface area (TPSA) is 34.4 Å². The zero-order valence-electron chi connectivity index (χ0n) is 10.9. The summed E-state index contributed by atoms with van der Waals surface area (Å²) in [5.41, 5.74) is 1.21. The molecule has 3 nitrogen and oxygen atoms in total. The maximum atomic E-state index is 5.90. The molecule has 0 aliphatic heterocycles. The summed E-state index contributed by atoms with van der Waals surface area (Å²) in [5.74, 6) is 1.98. The van der Waals surface area contributed by atoms with E-state index in [4.69, 9.17) is 9.15 Å². The molecule has 96 valence electrons. The number of aryl methyl sites for hydroxylation is 1. The lowest BCUT2D eigenvalue weighted by Gasteiger charge is -2.21. The summed E-state index contributed by atoms with van der Waals surface area (Å²) in [6.45, 7) is 3.49. The Bertz CT molecular complexity index is 340. The van der Waals surface area contributed by atoms with Gasteiger partial charge in [0.05, 0.1) is 12.6 Å². The molecule has 0 amide bonds. The fourth-order valence-corrected chi connectivity index (χ4v) is 2.43. The minimum absolute atomic E-state index is 0.446. The van der Waals surface area contributed by atoms with Crippen molar-refractivity contribution < 1.29 is 9.15 Å². The van der Waals surface area contributed by atoms with Gasteiger partial charge in [0.1, 0.15) is 18.1 Å². The highest BCUT2D eigenvalue weighted by Crippen LogP contribution is 2.22. The van der Waals surface area contributed by atoms with E-state index in [1.807, 2.05) is 7.05 Å². The van der Waals surface area contributed by atoms with Gasteiger partial charge >= 0.3 is 0 Å². The zero-order chi connectivity index (χ0) is 12.1. The molecule has 0 unspecified atom stereocenters. The maximum absolute atomic E-state index is 5.90. The van der Waals surface area contributed by atoms with E-state index in [9.17, 15) is 0 Å². The second kappa shape index (κ2) is 6.22. The van der Waals surface area contributed by atoms with Crippen LogP contribution in [0.4, 0.5) is 0 Å². The van der Waals surface area contributed by atoms with Crippen molar-refractivity contribution in [1.29, 1.82) is 0 Å². The molecule has 1 aliphatic rings. The highest BCUT2D eigenvalue weighted by Gasteiger charge is 2.15. The number of nitrogens with one attached hydrogen (secondary N) is 1.